The van der Waals surface area contributed by atoms with Gasteiger partial charge in [0.25, 0.3) is 0 Å². The molecule has 0 bridgehead atoms. The first-order chi connectivity index (χ1) is 4.12. The van der Waals surface area contributed by atoms with Gasteiger partial charge in [0.1, 0.15) is 6.61 Å². The van der Waals surface area contributed by atoms with Gasteiger partial charge in [0.15, 0.2) is 0 Å². The van der Waals surface area contributed by atoms with Crippen molar-refractivity contribution in [3.63, 3.8) is 0 Å². The monoisotopic (exact) mass is 149 g/mol. The van der Waals surface area contributed by atoms with Crippen LogP contribution in [0.15, 0.2) is 0 Å². The third kappa shape index (κ3) is 4.16. The molecular weight excluding hydrogens is 141 g/mol. The van der Waals surface area contributed by atoms with Crippen LogP contribution in [0.4, 0.5) is 0 Å². The van der Waals surface area contributed by atoms with Crippen LogP contribution in [0.5, 0.6) is 0 Å². The van der Waals surface area contributed by atoms with Crippen molar-refractivity contribution in [2.75, 3.05) is 12.8 Å². The maximum atomic E-state index is 10.5. The molecule has 5 heteroatoms. The van der Waals surface area contributed by atoms with E-state index < -0.39 is 7.60 Å². The number of nitrogens with zero attached hydrogens (tertiary/aromatic N) is 1. The SMILES string of the molecule is CCP(=O)(O)OCC#N. The Morgan fingerprint density at radius 1 is 1.89 bits per heavy atom. The van der Waals surface area contributed by atoms with E-state index in [1.165, 1.54) is 6.92 Å². The first-order valence-electron chi connectivity index (χ1n) is 2.45. The van der Waals surface area contributed by atoms with E-state index >= 15 is 0 Å². The van der Waals surface area contributed by atoms with E-state index in [4.69, 9.17) is 10.2 Å². The summed E-state index contributed by atoms with van der Waals surface area (Å²) in [4.78, 5) is 8.64. The Bertz CT molecular complexity index is 162. The van der Waals surface area contributed by atoms with Crippen LogP contribution >= 0.6 is 7.60 Å². The predicted octanol–water partition coefficient (Wildman–Crippen LogP) is 0.732. The van der Waals surface area contributed by atoms with Crippen LogP contribution in [-0.2, 0) is 9.09 Å². The van der Waals surface area contributed by atoms with Gasteiger partial charge in [-0.15, -0.1) is 0 Å². The van der Waals surface area contributed by atoms with Crippen LogP contribution in [0, 0.1) is 11.3 Å². The van der Waals surface area contributed by atoms with Gasteiger partial charge in [-0.1, -0.05) is 6.92 Å². The van der Waals surface area contributed by atoms with Crippen LogP contribution in [0.25, 0.3) is 0 Å². The second kappa shape index (κ2) is 3.62. The zero-order valence-corrected chi connectivity index (χ0v) is 5.97. The average Bonchev–Trinajstić information content (AvgIpc) is 1.84. The summed E-state index contributed by atoms with van der Waals surface area (Å²) >= 11 is 0. The highest BCUT2D eigenvalue weighted by atomic mass is 31.2. The minimum Gasteiger partial charge on any atom is -0.324 e. The third-order valence-corrected chi connectivity index (χ3v) is 2.06. The number of rotatable bonds is 3. The molecule has 1 atom stereocenters. The molecule has 0 aliphatic carbocycles. The van der Waals surface area contributed by atoms with Gasteiger partial charge < -0.3 is 4.89 Å². The molecule has 0 radical (unpaired) electrons. The first kappa shape index (κ1) is 8.64. The Kier molecular flexibility index (Phi) is 3.48. The summed E-state index contributed by atoms with van der Waals surface area (Å²) < 4.78 is 14.8. The van der Waals surface area contributed by atoms with E-state index in [0.29, 0.717) is 0 Å². The van der Waals surface area contributed by atoms with Crippen LogP contribution in [0.1, 0.15) is 6.92 Å². The van der Waals surface area contributed by atoms with Crippen molar-refractivity contribution in [3.8, 4) is 6.07 Å². The Balaban J connectivity index is 3.63. The fraction of sp³-hybridized carbons (Fsp3) is 0.750. The maximum Gasteiger partial charge on any atom is 0.328 e. The van der Waals surface area contributed by atoms with Gasteiger partial charge in [0, 0.05) is 6.16 Å². The lowest BCUT2D eigenvalue weighted by Gasteiger charge is -2.04. The highest BCUT2D eigenvalue weighted by Crippen LogP contribution is 2.40. The molecule has 1 N–H and O–H groups in total. The lowest BCUT2D eigenvalue weighted by Crippen LogP contribution is -1.91. The van der Waals surface area contributed by atoms with Gasteiger partial charge in [-0.2, -0.15) is 5.26 Å². The highest BCUT2D eigenvalue weighted by Gasteiger charge is 2.14. The molecule has 0 saturated heterocycles. The predicted molar refractivity (Wildman–Crippen MR) is 31.9 cm³/mol. The normalized spacial score (nSPS) is 16.1. The number of hydrogen-bond acceptors (Lipinski definition) is 3. The molecule has 1 unspecified atom stereocenters. The van der Waals surface area contributed by atoms with Crippen LogP contribution in [0.3, 0.4) is 0 Å². The van der Waals surface area contributed by atoms with E-state index in [0.717, 1.165) is 0 Å². The van der Waals surface area contributed by atoms with Crippen molar-refractivity contribution in [2.45, 2.75) is 6.92 Å². The minimum atomic E-state index is -3.41. The summed E-state index contributed by atoms with van der Waals surface area (Å²) in [6.07, 6.45) is 0.0503. The summed E-state index contributed by atoms with van der Waals surface area (Å²) in [6, 6.07) is 1.60. The topological polar surface area (TPSA) is 70.3 Å². The molecule has 0 aromatic rings. The van der Waals surface area contributed by atoms with Crippen LogP contribution in [-0.4, -0.2) is 17.7 Å². The van der Waals surface area contributed by atoms with E-state index in [1.54, 1.807) is 6.07 Å². The molecule has 0 heterocycles. The lowest BCUT2D eigenvalue weighted by molar-refractivity contribution is 0.291. The van der Waals surface area contributed by atoms with Crippen molar-refractivity contribution in [2.24, 2.45) is 0 Å². The molecule has 4 nitrogen and oxygen atoms in total. The van der Waals surface area contributed by atoms with E-state index in [-0.39, 0.29) is 12.8 Å². The second-order valence-electron chi connectivity index (χ2n) is 1.39. The van der Waals surface area contributed by atoms with Crippen LogP contribution < -0.4 is 0 Å². The van der Waals surface area contributed by atoms with Gasteiger partial charge in [-0.05, 0) is 0 Å². The molecular formula is C4H8NO3P. The smallest absolute Gasteiger partial charge is 0.324 e. The van der Waals surface area contributed by atoms with Gasteiger partial charge >= 0.3 is 7.60 Å². The Morgan fingerprint density at radius 3 is 2.78 bits per heavy atom. The molecule has 52 valence electrons. The lowest BCUT2D eigenvalue weighted by atomic mass is 10.9. The fourth-order valence-electron chi connectivity index (χ4n) is 0.221. The van der Waals surface area contributed by atoms with Crippen molar-refractivity contribution >= 4 is 7.60 Å². The molecule has 0 spiro atoms. The zero-order valence-electron chi connectivity index (χ0n) is 5.07. The molecule has 9 heavy (non-hydrogen) atoms. The van der Waals surface area contributed by atoms with Crippen molar-refractivity contribution in [1.29, 1.82) is 5.26 Å². The summed E-state index contributed by atoms with van der Waals surface area (Å²) in [6.45, 7) is 1.21. The highest BCUT2D eigenvalue weighted by molar-refractivity contribution is 7.52. The molecule has 0 aromatic carbocycles. The molecule has 0 aliphatic heterocycles. The summed E-state index contributed by atoms with van der Waals surface area (Å²) in [5, 5.41) is 7.92. The molecule has 0 saturated carbocycles. The summed E-state index contributed by atoms with van der Waals surface area (Å²) in [5.41, 5.74) is 0. The zero-order chi connectivity index (χ0) is 7.33. The summed E-state index contributed by atoms with van der Waals surface area (Å²) in [5.74, 6) is 0. The van der Waals surface area contributed by atoms with Crippen LogP contribution in [0.2, 0.25) is 0 Å². The molecule has 0 rings (SSSR count). The molecule has 0 amide bonds. The minimum absolute atomic E-state index is 0.0503. The van der Waals surface area contributed by atoms with Gasteiger partial charge in [0.05, 0.1) is 6.07 Å². The quantitative estimate of drug-likeness (QED) is 0.600. The van der Waals surface area contributed by atoms with Gasteiger partial charge in [-0.25, -0.2) is 0 Å². The Labute approximate surface area is 53.6 Å². The maximum absolute atomic E-state index is 10.5. The first-order valence-corrected chi connectivity index (χ1v) is 4.22. The molecule has 0 aliphatic rings. The largest absolute Gasteiger partial charge is 0.328 e. The summed E-state index contributed by atoms with van der Waals surface area (Å²) in [7, 11) is -3.41. The Morgan fingerprint density at radius 2 is 2.44 bits per heavy atom. The van der Waals surface area contributed by atoms with Crippen molar-refractivity contribution in [1.82, 2.24) is 0 Å². The van der Waals surface area contributed by atoms with Gasteiger partial charge in [0.2, 0.25) is 0 Å². The molecule has 0 aromatic heterocycles. The standard InChI is InChI=1S/C4H8NO3P/c1-2-9(6,7)8-4-3-5/h2,4H2,1H3,(H,6,7). The fourth-order valence-corrected chi connectivity index (χ4v) is 0.663. The number of nitriles is 1. The molecule has 0 fully saturated rings. The van der Waals surface area contributed by atoms with Gasteiger partial charge in [-0.3, -0.25) is 9.09 Å². The van der Waals surface area contributed by atoms with E-state index in [1.807, 2.05) is 0 Å². The van der Waals surface area contributed by atoms with Crippen molar-refractivity contribution < 1.29 is 14.0 Å². The third-order valence-electron chi connectivity index (χ3n) is 0.730. The average molecular weight is 149 g/mol. The van der Waals surface area contributed by atoms with E-state index in [2.05, 4.69) is 4.52 Å². The second-order valence-corrected chi connectivity index (χ2v) is 3.55. The number of hydrogen-bond donors (Lipinski definition) is 1. The van der Waals surface area contributed by atoms with Crippen molar-refractivity contribution in [3.05, 3.63) is 0 Å². The Hall–Kier alpha value is -0.360. The van der Waals surface area contributed by atoms with E-state index in [9.17, 15) is 4.57 Å².